The molecule has 5 aromatic rings. The molecule has 3 aromatic heterocycles. The van der Waals surface area contributed by atoms with Gasteiger partial charge in [0, 0.05) is 47.3 Å². The summed E-state index contributed by atoms with van der Waals surface area (Å²) in [6, 6.07) is 16.0. The summed E-state index contributed by atoms with van der Waals surface area (Å²) in [5, 5.41) is 6.34. The number of rotatable bonds is 4. The number of anilines is 3. The molecule has 0 radical (unpaired) electrons. The Kier molecular flexibility index (Phi) is 4.44. The topological polar surface area (TPSA) is 81.7 Å². The van der Waals surface area contributed by atoms with E-state index in [1.165, 1.54) is 0 Å². The molecule has 30 heavy (non-hydrogen) atoms. The maximum Gasteiger partial charge on any atom is 0.187 e. The van der Waals surface area contributed by atoms with Crippen molar-refractivity contribution in [2.24, 2.45) is 7.05 Å². The number of aryl methyl sites for hydroxylation is 2. The molecule has 6 nitrogen and oxygen atoms in total. The van der Waals surface area contributed by atoms with Gasteiger partial charge in [-0.1, -0.05) is 12.1 Å². The molecule has 0 saturated carbocycles. The van der Waals surface area contributed by atoms with E-state index in [0.29, 0.717) is 0 Å². The quantitative estimate of drug-likeness (QED) is 0.387. The minimum Gasteiger partial charge on any atom is -0.399 e. The number of aromatic nitrogens is 4. The molecule has 7 heteroatoms. The monoisotopic (exact) mass is 412 g/mol. The predicted molar refractivity (Wildman–Crippen MR) is 124 cm³/mol. The van der Waals surface area contributed by atoms with Gasteiger partial charge in [0.1, 0.15) is 5.82 Å². The number of hydrogen-bond donors (Lipinski definition) is 2. The first-order chi connectivity index (χ1) is 14.6. The number of hydrogen-bond acceptors (Lipinski definition) is 6. The third kappa shape index (κ3) is 3.29. The van der Waals surface area contributed by atoms with Crippen LogP contribution in [0.15, 0.2) is 66.3 Å². The molecule has 0 aliphatic rings. The number of nitrogens with two attached hydrogens (primary N) is 1. The van der Waals surface area contributed by atoms with Gasteiger partial charge in [0.2, 0.25) is 0 Å². The van der Waals surface area contributed by atoms with E-state index >= 15 is 0 Å². The fourth-order valence-corrected chi connectivity index (χ4v) is 4.25. The molecule has 2 aromatic carbocycles. The Hall–Kier alpha value is -3.71. The van der Waals surface area contributed by atoms with Crippen molar-refractivity contribution >= 4 is 38.9 Å². The average Bonchev–Trinajstić information content (AvgIpc) is 3.34. The van der Waals surface area contributed by atoms with E-state index in [1.54, 1.807) is 23.7 Å². The third-order valence-corrected chi connectivity index (χ3v) is 5.85. The Labute approximate surface area is 178 Å². The predicted octanol–water partition coefficient (Wildman–Crippen LogP) is 5.39. The van der Waals surface area contributed by atoms with Gasteiger partial charge in [-0.2, -0.15) is 0 Å². The van der Waals surface area contributed by atoms with Gasteiger partial charge in [-0.05, 0) is 48.9 Å². The van der Waals surface area contributed by atoms with Crippen molar-refractivity contribution in [3.05, 3.63) is 71.9 Å². The number of pyridine rings is 1. The van der Waals surface area contributed by atoms with Crippen molar-refractivity contribution in [3.8, 4) is 22.6 Å². The highest BCUT2D eigenvalue weighted by molar-refractivity contribution is 7.14. The van der Waals surface area contributed by atoms with E-state index in [4.69, 9.17) is 15.7 Å². The summed E-state index contributed by atoms with van der Waals surface area (Å²) < 4.78 is 2.10. The lowest BCUT2D eigenvalue weighted by Crippen LogP contribution is -1.95. The smallest absolute Gasteiger partial charge is 0.187 e. The number of fused-ring (bicyclic) bond motifs is 1. The van der Waals surface area contributed by atoms with Gasteiger partial charge < -0.3 is 15.6 Å². The van der Waals surface area contributed by atoms with Gasteiger partial charge in [-0.3, -0.25) is 4.98 Å². The van der Waals surface area contributed by atoms with Crippen LogP contribution in [0.5, 0.6) is 0 Å². The molecule has 148 valence electrons. The summed E-state index contributed by atoms with van der Waals surface area (Å²) >= 11 is 1.58. The average molecular weight is 413 g/mol. The third-order valence-electron chi connectivity index (χ3n) is 5.09. The molecule has 3 N–H and O–H groups in total. The highest BCUT2D eigenvalue weighted by Gasteiger charge is 2.13. The first-order valence-corrected chi connectivity index (χ1v) is 10.4. The molecule has 0 unspecified atom stereocenters. The Morgan fingerprint density at radius 3 is 2.63 bits per heavy atom. The van der Waals surface area contributed by atoms with Gasteiger partial charge in [-0.15, -0.1) is 11.3 Å². The number of nitrogens with one attached hydrogen (secondary N) is 1. The number of imidazole rings is 1. The molecular formula is C23H20N6S. The maximum absolute atomic E-state index is 5.96. The summed E-state index contributed by atoms with van der Waals surface area (Å²) in [6.45, 7) is 2.09. The lowest BCUT2D eigenvalue weighted by atomic mass is 10.1. The van der Waals surface area contributed by atoms with Crippen LogP contribution in [0.1, 0.15) is 5.56 Å². The van der Waals surface area contributed by atoms with Gasteiger partial charge in [0.25, 0.3) is 0 Å². The molecule has 0 fully saturated rings. The zero-order valence-electron chi connectivity index (χ0n) is 16.6. The molecule has 5 rings (SSSR count). The summed E-state index contributed by atoms with van der Waals surface area (Å²) in [6.07, 6.45) is 3.55. The molecule has 0 aliphatic heterocycles. The number of nitrogens with zero attached hydrogens (tertiary/aromatic N) is 4. The maximum atomic E-state index is 5.96. The molecule has 3 heterocycles. The Morgan fingerprint density at radius 2 is 1.83 bits per heavy atom. The second-order valence-electron chi connectivity index (χ2n) is 7.17. The normalized spacial score (nSPS) is 11.1. The van der Waals surface area contributed by atoms with Crippen LogP contribution >= 0.6 is 11.3 Å². The standard InChI is InChI=1S/C23H20N6S/c1-14-10-21-19(26-22(29(21)2)16-4-3-5-17(24)11-16)12-18(14)27-23-28-20(13-30-23)15-6-8-25-9-7-15/h3-13H,24H2,1-2H3,(H,27,28). The first kappa shape index (κ1) is 18.3. The van der Waals surface area contributed by atoms with Crippen molar-refractivity contribution < 1.29 is 0 Å². The van der Waals surface area contributed by atoms with Crippen LogP contribution in [0.25, 0.3) is 33.7 Å². The van der Waals surface area contributed by atoms with Gasteiger partial charge in [0.05, 0.1) is 16.7 Å². The molecule has 0 aliphatic carbocycles. The lowest BCUT2D eigenvalue weighted by molar-refractivity contribution is 0.959. The highest BCUT2D eigenvalue weighted by atomic mass is 32.1. The summed E-state index contributed by atoms with van der Waals surface area (Å²) in [7, 11) is 2.03. The first-order valence-electron chi connectivity index (χ1n) is 9.54. The molecular weight excluding hydrogens is 392 g/mol. The van der Waals surface area contributed by atoms with Crippen LogP contribution in [0.2, 0.25) is 0 Å². The van der Waals surface area contributed by atoms with Crippen LogP contribution < -0.4 is 11.1 Å². The van der Waals surface area contributed by atoms with Gasteiger partial charge in [-0.25, -0.2) is 9.97 Å². The van der Waals surface area contributed by atoms with Gasteiger partial charge in [0.15, 0.2) is 5.13 Å². The zero-order chi connectivity index (χ0) is 20.7. The van der Waals surface area contributed by atoms with Crippen LogP contribution in [-0.2, 0) is 7.05 Å². The molecule has 0 atom stereocenters. The summed E-state index contributed by atoms with van der Waals surface area (Å²) in [4.78, 5) is 13.6. The van der Waals surface area contributed by atoms with Crippen LogP contribution in [0.3, 0.4) is 0 Å². The van der Waals surface area contributed by atoms with E-state index in [-0.39, 0.29) is 0 Å². The Bertz CT molecular complexity index is 1350. The van der Waals surface area contributed by atoms with E-state index in [0.717, 1.165) is 55.7 Å². The molecule has 0 bridgehead atoms. The number of thiazole rings is 1. The van der Waals surface area contributed by atoms with Crippen LogP contribution in [-0.4, -0.2) is 19.5 Å². The van der Waals surface area contributed by atoms with E-state index in [1.807, 2.05) is 48.8 Å². The second kappa shape index (κ2) is 7.27. The largest absolute Gasteiger partial charge is 0.399 e. The van der Waals surface area contributed by atoms with Crippen molar-refractivity contribution in [3.63, 3.8) is 0 Å². The summed E-state index contributed by atoms with van der Waals surface area (Å²) in [5.74, 6) is 0.892. The fraction of sp³-hybridized carbons (Fsp3) is 0.0870. The minimum absolute atomic E-state index is 0.729. The van der Waals surface area contributed by atoms with E-state index in [2.05, 4.69) is 33.9 Å². The molecule has 0 spiro atoms. The minimum atomic E-state index is 0.729. The fourth-order valence-electron chi connectivity index (χ4n) is 3.51. The zero-order valence-corrected chi connectivity index (χ0v) is 17.4. The molecule has 0 amide bonds. The van der Waals surface area contributed by atoms with Crippen LogP contribution in [0.4, 0.5) is 16.5 Å². The number of benzene rings is 2. The van der Waals surface area contributed by atoms with E-state index in [9.17, 15) is 0 Å². The van der Waals surface area contributed by atoms with Crippen molar-refractivity contribution in [1.82, 2.24) is 19.5 Å². The van der Waals surface area contributed by atoms with E-state index < -0.39 is 0 Å². The molecule has 0 saturated heterocycles. The summed E-state index contributed by atoms with van der Waals surface area (Å²) in [5.41, 5.74) is 13.8. The van der Waals surface area contributed by atoms with Crippen molar-refractivity contribution in [2.45, 2.75) is 6.92 Å². The lowest BCUT2D eigenvalue weighted by Gasteiger charge is -2.08. The van der Waals surface area contributed by atoms with Gasteiger partial charge >= 0.3 is 0 Å². The Balaban J connectivity index is 1.50. The second-order valence-corrected chi connectivity index (χ2v) is 8.03. The Morgan fingerprint density at radius 1 is 1.00 bits per heavy atom. The SMILES string of the molecule is Cc1cc2c(cc1Nc1nc(-c3ccncc3)cs1)nc(-c1cccc(N)c1)n2C. The van der Waals surface area contributed by atoms with Crippen LogP contribution in [0, 0.1) is 6.92 Å². The van der Waals surface area contributed by atoms with Crippen molar-refractivity contribution in [2.75, 3.05) is 11.1 Å². The number of nitrogen functional groups attached to an aromatic ring is 1. The highest BCUT2D eigenvalue weighted by Crippen LogP contribution is 2.32. The van der Waals surface area contributed by atoms with Crippen molar-refractivity contribution in [1.29, 1.82) is 0 Å².